The smallest absolute Gasteiger partial charge is 0.136 e. The van der Waals surface area contributed by atoms with Gasteiger partial charge in [0.05, 0.1) is 0 Å². The first-order valence-electron chi connectivity index (χ1n) is 27.6. The van der Waals surface area contributed by atoms with Crippen LogP contribution in [0.2, 0.25) is 0 Å². The van der Waals surface area contributed by atoms with Crippen molar-refractivity contribution in [3.63, 3.8) is 0 Å². The average Bonchev–Trinajstić information content (AvgIpc) is 4.39. The SMILES string of the molecule is c1ccc(-c2ccc3c(c2)-c2cc(-c4c5ccccc5c(-c5ccc6c(c5)oc5cccc(-c7c8ccccc8c(-c8ccc9c(c8)-c8cc(-c%10ccccc%10)ccc8C9)c8ccccc78)c56)c5ccccc45)ccc2C3)cc1. The van der Waals surface area contributed by atoms with Crippen molar-refractivity contribution in [1.82, 2.24) is 0 Å². The van der Waals surface area contributed by atoms with Crippen molar-refractivity contribution in [2.24, 2.45) is 0 Å². The summed E-state index contributed by atoms with van der Waals surface area (Å²) in [4.78, 5) is 0. The van der Waals surface area contributed by atoms with Crippen molar-refractivity contribution >= 4 is 65.0 Å². The van der Waals surface area contributed by atoms with Crippen LogP contribution in [0.3, 0.4) is 0 Å². The number of furan rings is 1. The normalized spacial score (nSPS) is 12.5. The molecule has 2 aliphatic carbocycles. The Labute approximate surface area is 457 Å². The number of rotatable bonds is 6. The predicted molar refractivity (Wildman–Crippen MR) is 333 cm³/mol. The molecular formula is C78H48O. The first-order valence-corrected chi connectivity index (χ1v) is 27.6. The Morgan fingerprint density at radius 3 is 0.962 bits per heavy atom. The second kappa shape index (κ2) is 17.2. The van der Waals surface area contributed by atoms with E-state index in [4.69, 9.17) is 4.42 Å². The van der Waals surface area contributed by atoms with Crippen LogP contribution in [0.1, 0.15) is 22.3 Å². The summed E-state index contributed by atoms with van der Waals surface area (Å²) in [5, 5.41) is 12.1. The lowest BCUT2D eigenvalue weighted by Gasteiger charge is -2.19. The summed E-state index contributed by atoms with van der Waals surface area (Å²) < 4.78 is 7.03. The minimum absolute atomic E-state index is 0.878. The zero-order valence-corrected chi connectivity index (χ0v) is 43.2. The minimum Gasteiger partial charge on any atom is -0.456 e. The molecule has 0 aliphatic heterocycles. The van der Waals surface area contributed by atoms with E-state index in [0.717, 1.165) is 40.3 Å². The van der Waals surface area contributed by atoms with E-state index < -0.39 is 0 Å². The van der Waals surface area contributed by atoms with Gasteiger partial charge in [-0.05, 0) is 210 Å². The van der Waals surface area contributed by atoms with E-state index in [1.54, 1.807) is 0 Å². The van der Waals surface area contributed by atoms with Crippen LogP contribution in [0.25, 0.3) is 154 Å². The third kappa shape index (κ3) is 6.76. The molecule has 0 radical (unpaired) electrons. The maximum absolute atomic E-state index is 7.03. The highest BCUT2D eigenvalue weighted by atomic mass is 16.3. The summed E-state index contributed by atoms with van der Waals surface area (Å²) in [6.45, 7) is 0. The molecule has 2 aliphatic rings. The van der Waals surface area contributed by atoms with E-state index >= 15 is 0 Å². The Balaban J connectivity index is 0.807. The third-order valence-electron chi connectivity index (χ3n) is 17.5. The van der Waals surface area contributed by atoms with Gasteiger partial charge in [-0.1, -0.05) is 224 Å². The highest BCUT2D eigenvalue weighted by Crippen LogP contribution is 2.51. The van der Waals surface area contributed by atoms with Crippen molar-refractivity contribution in [2.75, 3.05) is 0 Å². The molecule has 0 amide bonds. The zero-order chi connectivity index (χ0) is 51.7. The Morgan fingerprint density at radius 2 is 0.544 bits per heavy atom. The number of hydrogen-bond acceptors (Lipinski definition) is 1. The lowest BCUT2D eigenvalue weighted by atomic mass is 9.84. The Bertz CT molecular complexity index is 4940. The van der Waals surface area contributed by atoms with Gasteiger partial charge < -0.3 is 4.42 Å². The van der Waals surface area contributed by atoms with Gasteiger partial charge in [0.15, 0.2) is 0 Å². The molecule has 0 fully saturated rings. The second-order valence-electron chi connectivity index (χ2n) is 21.7. The third-order valence-corrected chi connectivity index (χ3v) is 17.5. The maximum Gasteiger partial charge on any atom is 0.136 e. The molecule has 0 saturated carbocycles. The summed E-state index contributed by atoms with van der Waals surface area (Å²) in [5.41, 5.74) is 27.4. The van der Waals surface area contributed by atoms with Gasteiger partial charge in [0.25, 0.3) is 0 Å². The van der Waals surface area contributed by atoms with E-state index in [0.29, 0.717) is 0 Å². The number of hydrogen-bond donors (Lipinski definition) is 0. The molecular weight excluding hydrogens is 953 g/mol. The molecule has 1 heteroatoms. The van der Waals surface area contributed by atoms with Gasteiger partial charge in [-0.15, -0.1) is 0 Å². The predicted octanol–water partition coefficient (Wildman–Crippen LogP) is 21.3. The fraction of sp³-hybridized carbons (Fsp3) is 0.0256. The fourth-order valence-electron chi connectivity index (χ4n) is 13.9. The van der Waals surface area contributed by atoms with Crippen molar-refractivity contribution < 1.29 is 4.42 Å². The lowest BCUT2D eigenvalue weighted by molar-refractivity contribution is 0.669. The average molecular weight is 1000 g/mol. The summed E-state index contributed by atoms with van der Waals surface area (Å²) >= 11 is 0. The molecule has 0 bridgehead atoms. The van der Waals surface area contributed by atoms with Crippen LogP contribution in [0, 0.1) is 0 Å². The summed E-state index contributed by atoms with van der Waals surface area (Å²) in [6, 6.07) is 99.4. The highest BCUT2D eigenvalue weighted by molar-refractivity contribution is 6.27. The Kier molecular flexibility index (Phi) is 9.61. The molecule has 366 valence electrons. The standard InChI is InChI=1S/C78H48O/c1-3-16-47(17-4-1)49-30-32-51-40-53-34-36-55(44-70(53)68(51)42-49)74-58-20-7-9-22-60(58)76(61-23-10-8-21-59(61)74)57-38-39-66-73(46-57)79-72-29-15-28-67(78(66)72)77-64-26-13-11-24-62(64)75(63-25-12-14-27-65(63)77)56-37-35-54-41-52-33-31-50(43-69(52)71(54)45-56)48-18-5-2-6-19-48/h1-39,42-46H,40-41H2. The van der Waals surface area contributed by atoms with Gasteiger partial charge in [0, 0.05) is 10.8 Å². The van der Waals surface area contributed by atoms with Crippen molar-refractivity contribution in [3.05, 3.63) is 289 Å². The molecule has 17 rings (SSSR count). The molecule has 1 aromatic heterocycles. The summed E-state index contributed by atoms with van der Waals surface area (Å²) in [6.07, 6.45) is 1.90. The molecule has 0 atom stereocenters. The fourth-order valence-corrected chi connectivity index (χ4v) is 13.9. The molecule has 1 heterocycles. The van der Waals surface area contributed by atoms with E-state index in [1.165, 1.54) is 149 Å². The molecule has 79 heavy (non-hydrogen) atoms. The highest BCUT2D eigenvalue weighted by Gasteiger charge is 2.26. The molecule has 14 aromatic carbocycles. The molecule has 15 aromatic rings. The summed E-state index contributed by atoms with van der Waals surface area (Å²) in [7, 11) is 0. The first-order chi connectivity index (χ1) is 39.2. The lowest BCUT2D eigenvalue weighted by Crippen LogP contribution is -1.92. The van der Waals surface area contributed by atoms with Crippen LogP contribution in [-0.4, -0.2) is 0 Å². The van der Waals surface area contributed by atoms with E-state index in [-0.39, 0.29) is 0 Å². The monoisotopic (exact) mass is 1000 g/mol. The van der Waals surface area contributed by atoms with Crippen LogP contribution >= 0.6 is 0 Å². The van der Waals surface area contributed by atoms with Crippen molar-refractivity contribution in [1.29, 1.82) is 0 Å². The van der Waals surface area contributed by atoms with Crippen molar-refractivity contribution in [2.45, 2.75) is 12.8 Å². The summed E-state index contributed by atoms with van der Waals surface area (Å²) in [5.74, 6) is 0. The largest absolute Gasteiger partial charge is 0.456 e. The minimum atomic E-state index is 0.878. The van der Waals surface area contributed by atoms with Crippen LogP contribution in [-0.2, 0) is 12.8 Å². The van der Waals surface area contributed by atoms with Gasteiger partial charge in [-0.25, -0.2) is 0 Å². The maximum atomic E-state index is 7.03. The molecule has 0 spiro atoms. The molecule has 0 saturated heterocycles. The first kappa shape index (κ1) is 44.1. The van der Waals surface area contributed by atoms with Gasteiger partial charge in [-0.3, -0.25) is 0 Å². The molecule has 0 unspecified atom stereocenters. The Morgan fingerprint density at radius 1 is 0.203 bits per heavy atom. The zero-order valence-electron chi connectivity index (χ0n) is 43.2. The van der Waals surface area contributed by atoms with Crippen molar-refractivity contribution in [3.8, 4) is 89.0 Å². The number of benzene rings is 14. The molecule has 1 nitrogen and oxygen atoms in total. The number of fused-ring (bicyclic) bond motifs is 13. The van der Waals surface area contributed by atoms with E-state index in [2.05, 4.69) is 267 Å². The van der Waals surface area contributed by atoms with E-state index in [9.17, 15) is 0 Å². The van der Waals surface area contributed by atoms with Crippen LogP contribution in [0.4, 0.5) is 0 Å². The topological polar surface area (TPSA) is 13.1 Å². The van der Waals surface area contributed by atoms with Crippen LogP contribution in [0.15, 0.2) is 271 Å². The van der Waals surface area contributed by atoms with Crippen LogP contribution in [0.5, 0.6) is 0 Å². The second-order valence-corrected chi connectivity index (χ2v) is 21.7. The van der Waals surface area contributed by atoms with Crippen LogP contribution < -0.4 is 0 Å². The quantitative estimate of drug-likeness (QED) is 0.151. The Hall–Kier alpha value is -10.1. The van der Waals surface area contributed by atoms with Gasteiger partial charge in [0.1, 0.15) is 11.2 Å². The van der Waals surface area contributed by atoms with Gasteiger partial charge >= 0.3 is 0 Å². The van der Waals surface area contributed by atoms with Gasteiger partial charge in [-0.2, -0.15) is 0 Å². The van der Waals surface area contributed by atoms with E-state index in [1.807, 2.05) is 0 Å². The molecule has 0 N–H and O–H groups in total. The van der Waals surface area contributed by atoms with Gasteiger partial charge in [0.2, 0.25) is 0 Å².